The summed E-state index contributed by atoms with van der Waals surface area (Å²) in [5.41, 5.74) is 1.35. The zero-order chi connectivity index (χ0) is 22.4. The fourth-order valence-electron chi connectivity index (χ4n) is 2.98. The van der Waals surface area contributed by atoms with E-state index in [-0.39, 0.29) is 22.0 Å². The molecule has 0 saturated carbocycles. The Balaban J connectivity index is 2.01. The molecule has 3 rings (SSSR count). The zero-order valence-corrected chi connectivity index (χ0v) is 18.1. The Morgan fingerprint density at radius 1 is 1.00 bits per heavy atom. The predicted molar refractivity (Wildman–Crippen MR) is 120 cm³/mol. The number of anilines is 2. The monoisotopic (exact) mass is 440 g/mol. The molecule has 7 nitrogen and oxygen atoms in total. The van der Waals surface area contributed by atoms with Crippen LogP contribution in [0.25, 0.3) is 0 Å². The largest absolute Gasteiger partial charge is 0.506 e. The van der Waals surface area contributed by atoms with Gasteiger partial charge in [-0.25, -0.2) is 8.42 Å². The van der Waals surface area contributed by atoms with Crippen LogP contribution < -0.4 is 14.4 Å². The van der Waals surface area contributed by atoms with Gasteiger partial charge in [-0.1, -0.05) is 42.0 Å². The van der Waals surface area contributed by atoms with Crippen molar-refractivity contribution in [1.82, 2.24) is 0 Å². The van der Waals surface area contributed by atoms with Crippen LogP contribution in [-0.4, -0.2) is 32.6 Å². The van der Waals surface area contributed by atoms with Crippen LogP contribution in [0, 0.1) is 6.92 Å². The van der Waals surface area contributed by atoms with Gasteiger partial charge in [0, 0.05) is 0 Å². The van der Waals surface area contributed by atoms with Crippen molar-refractivity contribution < 1.29 is 23.1 Å². The maximum absolute atomic E-state index is 13.5. The molecule has 3 aromatic rings. The van der Waals surface area contributed by atoms with Crippen molar-refractivity contribution in [2.24, 2.45) is 0 Å². The third-order valence-corrected chi connectivity index (χ3v) is 6.28. The topological polar surface area (TPSA) is 95.9 Å². The molecule has 0 radical (unpaired) electrons. The number of phenols is 1. The molecule has 0 aliphatic rings. The third-order valence-electron chi connectivity index (χ3n) is 4.51. The van der Waals surface area contributed by atoms with Gasteiger partial charge in [0.05, 0.1) is 22.9 Å². The van der Waals surface area contributed by atoms with E-state index < -0.39 is 22.5 Å². The van der Waals surface area contributed by atoms with Crippen LogP contribution in [0.5, 0.6) is 11.5 Å². The lowest BCUT2D eigenvalue weighted by molar-refractivity contribution is -0.114. The maximum atomic E-state index is 13.5. The van der Waals surface area contributed by atoms with Crippen LogP contribution in [0.4, 0.5) is 11.4 Å². The first-order valence-corrected chi connectivity index (χ1v) is 11.2. The fraction of sp³-hybridized carbons (Fsp3) is 0.174. The summed E-state index contributed by atoms with van der Waals surface area (Å²) in [5, 5.41) is 12.5. The Hall–Kier alpha value is -3.52. The average Bonchev–Trinajstić information content (AvgIpc) is 2.75. The molecule has 0 aromatic heterocycles. The highest BCUT2D eigenvalue weighted by Crippen LogP contribution is 2.33. The minimum absolute atomic E-state index is 0.0553. The number of hydrogen-bond donors (Lipinski definition) is 2. The highest BCUT2D eigenvalue weighted by Gasteiger charge is 2.29. The summed E-state index contributed by atoms with van der Waals surface area (Å²) in [4.78, 5) is 12.8. The molecule has 0 fully saturated rings. The number of aromatic hydroxyl groups is 1. The molecule has 0 atom stereocenters. The van der Waals surface area contributed by atoms with Crippen molar-refractivity contribution in [3.05, 3.63) is 78.4 Å². The summed E-state index contributed by atoms with van der Waals surface area (Å²) in [5.74, 6) is -0.377. The van der Waals surface area contributed by atoms with Gasteiger partial charge >= 0.3 is 0 Å². The number of sulfonamides is 1. The smallest absolute Gasteiger partial charge is 0.264 e. The standard InChI is InChI=1S/C23H24N2O5S/c1-3-30-22-11-7-5-9-20(22)25(31(28,29)18-14-12-17(2)13-15-18)16-23(27)24-19-8-4-6-10-21(19)26/h4-15,26H,3,16H2,1-2H3,(H,24,27). The lowest BCUT2D eigenvalue weighted by atomic mass is 10.2. The van der Waals surface area contributed by atoms with Gasteiger partial charge < -0.3 is 15.2 Å². The lowest BCUT2D eigenvalue weighted by Gasteiger charge is -2.26. The van der Waals surface area contributed by atoms with Gasteiger partial charge in [0.25, 0.3) is 10.0 Å². The van der Waals surface area contributed by atoms with Crippen molar-refractivity contribution >= 4 is 27.3 Å². The Morgan fingerprint density at radius 3 is 2.32 bits per heavy atom. The summed E-state index contributed by atoms with van der Waals surface area (Å²) in [6, 6.07) is 19.3. The molecule has 0 bridgehead atoms. The first kappa shape index (κ1) is 22.2. The molecule has 162 valence electrons. The van der Waals surface area contributed by atoms with E-state index in [4.69, 9.17) is 4.74 Å². The van der Waals surface area contributed by atoms with Gasteiger partial charge in [-0.05, 0) is 50.2 Å². The van der Waals surface area contributed by atoms with Crippen molar-refractivity contribution in [2.75, 3.05) is 22.8 Å². The zero-order valence-electron chi connectivity index (χ0n) is 17.3. The maximum Gasteiger partial charge on any atom is 0.264 e. The molecule has 31 heavy (non-hydrogen) atoms. The number of amides is 1. The molecule has 2 N–H and O–H groups in total. The number of nitrogens with one attached hydrogen (secondary N) is 1. The van der Waals surface area contributed by atoms with Crippen molar-refractivity contribution in [3.63, 3.8) is 0 Å². The predicted octanol–water partition coefficient (Wildman–Crippen LogP) is 3.93. The quantitative estimate of drug-likeness (QED) is 0.518. The minimum Gasteiger partial charge on any atom is -0.506 e. The molecular formula is C23H24N2O5S. The molecule has 0 saturated heterocycles. The number of hydrogen-bond acceptors (Lipinski definition) is 5. The lowest BCUT2D eigenvalue weighted by Crippen LogP contribution is -2.38. The van der Waals surface area contributed by atoms with Crippen molar-refractivity contribution in [3.8, 4) is 11.5 Å². The van der Waals surface area contributed by atoms with Gasteiger partial charge in [0.2, 0.25) is 5.91 Å². The molecule has 0 aliphatic heterocycles. The SMILES string of the molecule is CCOc1ccccc1N(CC(=O)Nc1ccccc1O)S(=O)(=O)c1ccc(C)cc1. The van der Waals surface area contributed by atoms with Crippen molar-refractivity contribution in [1.29, 1.82) is 0 Å². The first-order valence-electron chi connectivity index (χ1n) is 9.72. The van der Waals surface area contributed by atoms with E-state index in [2.05, 4.69) is 5.32 Å². The van der Waals surface area contributed by atoms with E-state index in [0.717, 1.165) is 9.87 Å². The second-order valence-corrected chi connectivity index (χ2v) is 8.65. The Kier molecular flexibility index (Phi) is 6.81. The second-order valence-electron chi connectivity index (χ2n) is 6.79. The number of carbonyl (C=O) groups is 1. The van der Waals surface area contributed by atoms with Crippen LogP contribution in [-0.2, 0) is 14.8 Å². The summed E-state index contributed by atoms with van der Waals surface area (Å²) in [7, 11) is -4.08. The number of carbonyl (C=O) groups excluding carboxylic acids is 1. The van der Waals surface area contributed by atoms with Gasteiger partial charge in [0.15, 0.2) is 0 Å². The van der Waals surface area contributed by atoms with Gasteiger partial charge in [-0.3, -0.25) is 9.10 Å². The van der Waals surface area contributed by atoms with Crippen molar-refractivity contribution in [2.45, 2.75) is 18.7 Å². The number of para-hydroxylation sites is 4. The van der Waals surface area contributed by atoms with Gasteiger partial charge in [0.1, 0.15) is 18.0 Å². The number of nitrogens with zero attached hydrogens (tertiary/aromatic N) is 1. The Morgan fingerprint density at radius 2 is 1.65 bits per heavy atom. The Labute approximate surface area is 182 Å². The summed E-state index contributed by atoms with van der Waals surface area (Å²) in [6.45, 7) is 3.48. The van der Waals surface area contributed by atoms with Crippen LogP contribution in [0.3, 0.4) is 0 Å². The summed E-state index contributed by atoms with van der Waals surface area (Å²) in [6.07, 6.45) is 0. The molecule has 0 aliphatic carbocycles. The molecule has 0 unspecified atom stereocenters. The van der Waals surface area contributed by atoms with E-state index in [1.54, 1.807) is 55.5 Å². The van der Waals surface area contributed by atoms with Gasteiger partial charge in [-0.2, -0.15) is 0 Å². The molecule has 8 heteroatoms. The van der Waals surface area contributed by atoms with Crippen LogP contribution in [0.1, 0.15) is 12.5 Å². The molecule has 0 heterocycles. The molecule has 1 amide bonds. The van der Waals surface area contributed by atoms with E-state index in [9.17, 15) is 18.3 Å². The highest BCUT2D eigenvalue weighted by atomic mass is 32.2. The van der Waals surface area contributed by atoms with Gasteiger partial charge in [-0.15, -0.1) is 0 Å². The number of phenolic OH excluding ortho intramolecular Hbond substituents is 1. The van der Waals surface area contributed by atoms with E-state index in [1.165, 1.54) is 24.3 Å². The molecule has 3 aromatic carbocycles. The number of benzene rings is 3. The third kappa shape index (κ3) is 5.16. The summed E-state index contributed by atoms with van der Waals surface area (Å²) < 4.78 is 33.6. The first-order chi connectivity index (χ1) is 14.8. The highest BCUT2D eigenvalue weighted by molar-refractivity contribution is 7.92. The van der Waals surface area contributed by atoms with E-state index >= 15 is 0 Å². The number of ether oxygens (including phenoxy) is 1. The second kappa shape index (κ2) is 9.53. The van der Waals surface area contributed by atoms with Crippen LogP contribution >= 0.6 is 0 Å². The fourth-order valence-corrected chi connectivity index (χ4v) is 4.41. The van der Waals surface area contributed by atoms with Crippen LogP contribution in [0.15, 0.2) is 77.7 Å². The number of aryl methyl sites for hydroxylation is 1. The van der Waals surface area contributed by atoms with E-state index in [0.29, 0.717) is 12.4 Å². The number of rotatable bonds is 8. The summed E-state index contributed by atoms with van der Waals surface area (Å²) >= 11 is 0. The molecular weight excluding hydrogens is 416 g/mol. The Bertz CT molecular complexity index is 1160. The van der Waals surface area contributed by atoms with E-state index in [1.807, 2.05) is 6.92 Å². The normalized spacial score (nSPS) is 11.0. The van der Waals surface area contributed by atoms with Crippen LogP contribution in [0.2, 0.25) is 0 Å². The minimum atomic E-state index is -4.08. The molecule has 0 spiro atoms. The average molecular weight is 441 g/mol.